The van der Waals surface area contributed by atoms with E-state index < -0.39 is 29.5 Å². The molecule has 5 rings (SSSR count). The molecule has 0 aliphatic carbocycles. The number of carbonyl (C=O) groups is 3. The van der Waals surface area contributed by atoms with Crippen LogP contribution in [0.5, 0.6) is 0 Å². The molecule has 36 heavy (non-hydrogen) atoms. The summed E-state index contributed by atoms with van der Waals surface area (Å²) in [5, 5.41) is 11.7. The minimum atomic E-state index is -0.891. The fourth-order valence-corrected chi connectivity index (χ4v) is 4.32. The Labute approximate surface area is 207 Å². The number of nitrogens with zero attached hydrogens (tertiary/aromatic N) is 1. The number of Topliss-reactive ketones (excluding diaryl/α,β-unsaturated/α-hetero) is 1. The van der Waals surface area contributed by atoms with Gasteiger partial charge in [0.2, 0.25) is 5.78 Å². The van der Waals surface area contributed by atoms with Crippen LogP contribution >= 0.6 is 0 Å². The average Bonchev–Trinajstić information content (AvgIpc) is 3.46. The van der Waals surface area contributed by atoms with Crippen LogP contribution in [0.1, 0.15) is 45.9 Å². The number of aliphatic hydroxyl groups excluding tert-OH is 1. The number of aliphatic hydroxyl groups is 1. The van der Waals surface area contributed by atoms with Crippen LogP contribution in [0.15, 0.2) is 101 Å². The summed E-state index contributed by atoms with van der Waals surface area (Å²) >= 11 is 0. The highest BCUT2D eigenvalue weighted by Crippen LogP contribution is 2.42. The first kappa shape index (κ1) is 23.1. The predicted octanol–water partition coefficient (Wildman–Crippen LogP) is 5.78. The summed E-state index contributed by atoms with van der Waals surface area (Å²) in [5.41, 5.74) is 1.85. The number of amides is 1. The molecule has 0 bridgehead atoms. The molecule has 2 heterocycles. The van der Waals surface area contributed by atoms with Crippen LogP contribution in [-0.2, 0) is 9.53 Å². The van der Waals surface area contributed by atoms with Crippen molar-refractivity contribution in [3.63, 3.8) is 0 Å². The fraction of sp³-hybridized carbons (Fsp3) is 0.138. The zero-order valence-corrected chi connectivity index (χ0v) is 19.5. The number of ether oxygens (including phenoxy) is 1. The van der Waals surface area contributed by atoms with E-state index in [1.54, 1.807) is 66.7 Å². The molecule has 3 aromatic carbocycles. The zero-order valence-electron chi connectivity index (χ0n) is 19.5. The van der Waals surface area contributed by atoms with Gasteiger partial charge in [-0.1, -0.05) is 55.5 Å². The molecule has 4 aromatic rings. The van der Waals surface area contributed by atoms with Gasteiger partial charge in [0.1, 0.15) is 5.58 Å². The highest BCUT2D eigenvalue weighted by molar-refractivity contribution is 6.20. The number of hydrogen-bond acceptors (Lipinski definition) is 6. The Kier molecular flexibility index (Phi) is 6.12. The number of anilines is 1. The monoisotopic (exact) mass is 481 g/mol. The van der Waals surface area contributed by atoms with Crippen LogP contribution in [-0.4, -0.2) is 29.4 Å². The molecule has 1 atom stereocenters. The van der Waals surface area contributed by atoms with E-state index in [9.17, 15) is 19.5 Å². The molecule has 1 amide bonds. The standard InChI is InChI=1S/C29H23NO6/c1-2-16-35-29(34)19-12-14-21(15-13-19)30-25(18-8-4-3-5-9-18)24(27(32)28(30)33)26(31)23-17-20-10-6-7-11-22(20)36-23/h3-15,17,25,32H,2,16H2,1H3. The third kappa shape index (κ3) is 4.05. The molecule has 0 spiro atoms. The first-order chi connectivity index (χ1) is 17.5. The Hall–Kier alpha value is -4.65. The van der Waals surface area contributed by atoms with Gasteiger partial charge in [0.25, 0.3) is 5.91 Å². The molecule has 7 nitrogen and oxygen atoms in total. The second-order valence-electron chi connectivity index (χ2n) is 8.41. The van der Waals surface area contributed by atoms with Gasteiger partial charge in [0.05, 0.1) is 23.8 Å². The molecule has 180 valence electrons. The molecule has 1 aromatic heterocycles. The maximum Gasteiger partial charge on any atom is 0.338 e. The lowest BCUT2D eigenvalue weighted by atomic mass is 9.94. The number of rotatable bonds is 7. The van der Waals surface area contributed by atoms with Crippen LogP contribution < -0.4 is 4.90 Å². The quantitative estimate of drug-likeness (QED) is 0.265. The van der Waals surface area contributed by atoms with Gasteiger partial charge in [0, 0.05) is 11.1 Å². The second-order valence-corrected chi connectivity index (χ2v) is 8.41. The smallest absolute Gasteiger partial charge is 0.338 e. The van der Waals surface area contributed by atoms with E-state index in [1.807, 2.05) is 25.1 Å². The lowest BCUT2D eigenvalue weighted by molar-refractivity contribution is -0.117. The minimum Gasteiger partial charge on any atom is -0.503 e. The van der Waals surface area contributed by atoms with Crippen molar-refractivity contribution in [2.75, 3.05) is 11.5 Å². The summed E-state index contributed by atoms with van der Waals surface area (Å²) in [6.45, 7) is 2.22. The maximum atomic E-state index is 13.6. The van der Waals surface area contributed by atoms with E-state index in [4.69, 9.17) is 9.15 Å². The first-order valence-electron chi connectivity index (χ1n) is 11.6. The van der Waals surface area contributed by atoms with Crippen molar-refractivity contribution in [3.05, 3.63) is 113 Å². The van der Waals surface area contributed by atoms with Gasteiger partial charge >= 0.3 is 5.97 Å². The normalized spacial score (nSPS) is 15.5. The largest absolute Gasteiger partial charge is 0.503 e. The third-order valence-corrected chi connectivity index (χ3v) is 6.04. The highest BCUT2D eigenvalue weighted by Gasteiger charge is 2.45. The lowest BCUT2D eigenvalue weighted by Gasteiger charge is -2.26. The third-order valence-electron chi connectivity index (χ3n) is 6.04. The number of hydrogen-bond donors (Lipinski definition) is 1. The summed E-state index contributed by atoms with van der Waals surface area (Å²) in [6.07, 6.45) is 0.706. The zero-order chi connectivity index (χ0) is 25.2. The molecule has 0 fully saturated rings. The number of carbonyl (C=O) groups excluding carboxylic acids is 3. The minimum absolute atomic E-state index is 0.0300. The van der Waals surface area contributed by atoms with Gasteiger partial charge in [-0.15, -0.1) is 0 Å². The van der Waals surface area contributed by atoms with E-state index in [-0.39, 0.29) is 11.3 Å². The van der Waals surface area contributed by atoms with Gasteiger partial charge in [-0.05, 0) is 48.4 Å². The van der Waals surface area contributed by atoms with Crippen LogP contribution in [0.3, 0.4) is 0 Å². The van der Waals surface area contributed by atoms with Crippen molar-refractivity contribution >= 4 is 34.3 Å². The van der Waals surface area contributed by atoms with Crippen LogP contribution in [0.25, 0.3) is 11.0 Å². The van der Waals surface area contributed by atoms with Crippen LogP contribution in [0.4, 0.5) is 5.69 Å². The summed E-state index contributed by atoms with van der Waals surface area (Å²) in [4.78, 5) is 40.5. The van der Waals surface area contributed by atoms with Crippen molar-refractivity contribution in [1.29, 1.82) is 0 Å². The molecular weight excluding hydrogens is 458 g/mol. The first-order valence-corrected chi connectivity index (χ1v) is 11.6. The van der Waals surface area contributed by atoms with Gasteiger partial charge in [-0.3, -0.25) is 14.5 Å². The number of esters is 1. The van der Waals surface area contributed by atoms with Crippen molar-refractivity contribution < 1.29 is 28.6 Å². The fourth-order valence-electron chi connectivity index (χ4n) is 4.32. The Morgan fingerprint density at radius 3 is 2.36 bits per heavy atom. The van der Waals surface area contributed by atoms with Crippen molar-refractivity contribution in [2.45, 2.75) is 19.4 Å². The predicted molar refractivity (Wildman–Crippen MR) is 134 cm³/mol. The van der Waals surface area contributed by atoms with Crippen molar-refractivity contribution in [1.82, 2.24) is 0 Å². The number of furan rings is 1. The van der Waals surface area contributed by atoms with E-state index >= 15 is 0 Å². The Morgan fingerprint density at radius 1 is 0.972 bits per heavy atom. The Morgan fingerprint density at radius 2 is 1.67 bits per heavy atom. The summed E-state index contributed by atoms with van der Waals surface area (Å²) < 4.78 is 10.9. The molecule has 1 N–H and O–H groups in total. The SMILES string of the molecule is CCCOC(=O)c1ccc(N2C(=O)C(O)=C(C(=O)c3cc4ccccc4o3)C2c2ccccc2)cc1. The molecule has 0 saturated heterocycles. The number of fused-ring (bicyclic) bond motifs is 1. The topological polar surface area (TPSA) is 97.0 Å². The average molecular weight is 482 g/mol. The van der Waals surface area contributed by atoms with Crippen LogP contribution in [0, 0.1) is 0 Å². The summed E-state index contributed by atoms with van der Waals surface area (Å²) in [6, 6.07) is 23.2. The number of benzene rings is 3. The molecular formula is C29H23NO6. The van der Waals surface area contributed by atoms with Gasteiger partial charge in [-0.2, -0.15) is 0 Å². The molecule has 0 radical (unpaired) electrons. The van der Waals surface area contributed by atoms with E-state index in [0.29, 0.717) is 35.4 Å². The van der Waals surface area contributed by atoms with E-state index in [1.165, 1.54) is 4.90 Å². The number of para-hydroxylation sites is 1. The Bertz CT molecular complexity index is 1450. The molecule has 0 saturated carbocycles. The van der Waals surface area contributed by atoms with Gasteiger partial charge in [0.15, 0.2) is 11.5 Å². The van der Waals surface area contributed by atoms with Crippen molar-refractivity contribution in [3.8, 4) is 0 Å². The van der Waals surface area contributed by atoms with Gasteiger partial charge < -0.3 is 14.3 Å². The summed E-state index contributed by atoms with van der Waals surface area (Å²) in [7, 11) is 0. The highest BCUT2D eigenvalue weighted by atomic mass is 16.5. The molecule has 1 aliphatic rings. The molecule has 1 unspecified atom stereocenters. The van der Waals surface area contributed by atoms with Crippen LogP contribution in [0.2, 0.25) is 0 Å². The Balaban J connectivity index is 1.55. The maximum absolute atomic E-state index is 13.6. The van der Waals surface area contributed by atoms with Crippen molar-refractivity contribution in [2.24, 2.45) is 0 Å². The lowest BCUT2D eigenvalue weighted by Crippen LogP contribution is -2.31. The van der Waals surface area contributed by atoms with E-state index in [2.05, 4.69) is 0 Å². The summed E-state index contributed by atoms with van der Waals surface area (Å²) in [5.74, 6) is -2.36. The van der Waals surface area contributed by atoms with E-state index in [0.717, 1.165) is 5.39 Å². The molecule has 7 heteroatoms. The van der Waals surface area contributed by atoms with Gasteiger partial charge in [-0.25, -0.2) is 4.79 Å². The second kappa shape index (κ2) is 9.54. The molecule has 1 aliphatic heterocycles. The number of ketones is 1.